The van der Waals surface area contributed by atoms with Crippen LogP contribution in [-0.4, -0.2) is 34.0 Å². The molecule has 1 aromatic carbocycles. The van der Waals surface area contributed by atoms with E-state index < -0.39 is 0 Å². The van der Waals surface area contributed by atoms with E-state index in [0.717, 1.165) is 12.1 Å². The Hall–Kier alpha value is -1.41. The second kappa shape index (κ2) is 10.3. The average Bonchev–Trinajstić information content (AvgIpc) is 2.49. The number of nitrogens with one attached hydrogen (secondary N) is 1. The first-order chi connectivity index (χ1) is 10.2. The van der Waals surface area contributed by atoms with Crippen LogP contribution in [0.15, 0.2) is 12.1 Å². The molecule has 0 spiro atoms. The fourth-order valence-corrected chi connectivity index (χ4v) is 2.03. The highest BCUT2D eigenvalue weighted by molar-refractivity contribution is 6.30. The van der Waals surface area contributed by atoms with E-state index in [1.807, 2.05) is 13.0 Å². The van der Waals surface area contributed by atoms with Gasteiger partial charge in [-0.25, -0.2) is 0 Å². The maximum atomic E-state index is 6.11. The fourth-order valence-electron chi connectivity index (χ4n) is 1.80. The second-order valence-electron chi connectivity index (χ2n) is 4.29. The van der Waals surface area contributed by atoms with Gasteiger partial charge in [0.15, 0.2) is 11.5 Å². The van der Waals surface area contributed by atoms with Gasteiger partial charge >= 0.3 is 0 Å². The summed E-state index contributed by atoms with van der Waals surface area (Å²) in [7, 11) is 3.28. The van der Waals surface area contributed by atoms with Crippen LogP contribution < -0.4 is 14.8 Å². The molecule has 0 fully saturated rings. The third kappa shape index (κ3) is 6.26. The Morgan fingerprint density at radius 2 is 2.05 bits per heavy atom. The predicted molar refractivity (Wildman–Crippen MR) is 85.1 cm³/mol. The Bertz CT molecular complexity index is 494. The van der Waals surface area contributed by atoms with Gasteiger partial charge in [0, 0.05) is 43.3 Å². The van der Waals surface area contributed by atoms with Gasteiger partial charge in [0.1, 0.15) is 0 Å². The van der Waals surface area contributed by atoms with E-state index in [0.29, 0.717) is 42.7 Å². The normalized spacial score (nSPS) is 9.90. The molecule has 0 atom stereocenters. The topological polar surface area (TPSA) is 39.7 Å². The van der Waals surface area contributed by atoms with Gasteiger partial charge in [0.05, 0.1) is 20.3 Å². The minimum Gasteiger partial charge on any atom is -0.493 e. The van der Waals surface area contributed by atoms with Crippen LogP contribution in [0.4, 0.5) is 0 Å². The lowest BCUT2D eigenvalue weighted by Crippen LogP contribution is -2.19. The number of benzene rings is 1. The zero-order valence-electron chi connectivity index (χ0n) is 12.8. The van der Waals surface area contributed by atoms with Gasteiger partial charge in [-0.15, -0.1) is 11.8 Å². The van der Waals surface area contributed by atoms with E-state index in [-0.39, 0.29) is 0 Å². The number of hydrogen-bond donors (Lipinski definition) is 1. The van der Waals surface area contributed by atoms with Gasteiger partial charge in [-0.3, -0.25) is 0 Å². The van der Waals surface area contributed by atoms with E-state index in [2.05, 4.69) is 17.2 Å². The first-order valence-corrected chi connectivity index (χ1v) is 7.19. The van der Waals surface area contributed by atoms with E-state index in [1.54, 1.807) is 20.3 Å². The third-order valence-corrected chi connectivity index (χ3v) is 2.98. The zero-order chi connectivity index (χ0) is 15.5. The number of hydrogen-bond acceptors (Lipinski definition) is 4. The van der Waals surface area contributed by atoms with Gasteiger partial charge in [-0.2, -0.15) is 0 Å². The van der Waals surface area contributed by atoms with Crippen molar-refractivity contribution >= 4 is 11.6 Å². The van der Waals surface area contributed by atoms with Gasteiger partial charge in [0.25, 0.3) is 0 Å². The smallest absolute Gasteiger partial charge is 0.165 e. The molecule has 1 rings (SSSR count). The molecule has 0 aromatic heterocycles. The first kappa shape index (κ1) is 17.6. The molecule has 0 aliphatic carbocycles. The number of halogens is 1. The summed E-state index contributed by atoms with van der Waals surface area (Å²) in [4.78, 5) is 0. The van der Waals surface area contributed by atoms with Gasteiger partial charge in [-0.1, -0.05) is 11.6 Å². The minimum atomic E-state index is 0.518. The highest BCUT2D eigenvalue weighted by Gasteiger charge is 2.12. The Morgan fingerprint density at radius 1 is 1.24 bits per heavy atom. The maximum Gasteiger partial charge on any atom is 0.165 e. The van der Waals surface area contributed by atoms with Crippen molar-refractivity contribution in [3.05, 3.63) is 22.7 Å². The Kier molecular flexibility index (Phi) is 8.68. The summed E-state index contributed by atoms with van der Waals surface area (Å²) < 4.78 is 16.2. The molecule has 0 amide bonds. The van der Waals surface area contributed by atoms with Crippen molar-refractivity contribution in [1.82, 2.24) is 5.32 Å². The highest BCUT2D eigenvalue weighted by Crippen LogP contribution is 2.34. The van der Waals surface area contributed by atoms with E-state index >= 15 is 0 Å². The van der Waals surface area contributed by atoms with Crippen molar-refractivity contribution in [3.8, 4) is 23.3 Å². The molecule has 1 aromatic rings. The average molecular weight is 312 g/mol. The second-order valence-corrected chi connectivity index (χ2v) is 4.73. The van der Waals surface area contributed by atoms with Crippen LogP contribution in [0.1, 0.15) is 18.9 Å². The Labute approximate surface area is 131 Å². The molecule has 4 nitrogen and oxygen atoms in total. The van der Waals surface area contributed by atoms with Crippen LogP contribution in [0.5, 0.6) is 11.5 Å². The maximum absolute atomic E-state index is 6.11. The van der Waals surface area contributed by atoms with Crippen molar-refractivity contribution in [3.63, 3.8) is 0 Å². The SMILES string of the molecule is CC#CCCOc1c(CNCCOC)cc(Cl)cc1OC. The van der Waals surface area contributed by atoms with Crippen LogP contribution in [0.2, 0.25) is 5.02 Å². The van der Waals surface area contributed by atoms with Crippen molar-refractivity contribution < 1.29 is 14.2 Å². The molecule has 0 unspecified atom stereocenters. The molecule has 0 aliphatic heterocycles. The summed E-state index contributed by atoms with van der Waals surface area (Å²) in [5.41, 5.74) is 0.958. The third-order valence-electron chi connectivity index (χ3n) is 2.77. The van der Waals surface area contributed by atoms with E-state index in [4.69, 9.17) is 25.8 Å². The molecule has 1 N–H and O–H groups in total. The summed E-state index contributed by atoms with van der Waals surface area (Å²) in [5, 5.41) is 3.90. The van der Waals surface area contributed by atoms with Crippen LogP contribution in [-0.2, 0) is 11.3 Å². The molecule has 0 saturated carbocycles. The lowest BCUT2D eigenvalue weighted by molar-refractivity contribution is 0.199. The molecule has 0 bridgehead atoms. The summed E-state index contributed by atoms with van der Waals surface area (Å²) in [6, 6.07) is 3.63. The highest BCUT2D eigenvalue weighted by atomic mass is 35.5. The number of methoxy groups -OCH3 is 2. The Balaban J connectivity index is 2.80. The van der Waals surface area contributed by atoms with Gasteiger partial charge in [0.2, 0.25) is 0 Å². The van der Waals surface area contributed by atoms with Crippen LogP contribution in [0, 0.1) is 11.8 Å². The molecule has 0 radical (unpaired) electrons. The summed E-state index contributed by atoms with van der Waals surface area (Å²) in [6.45, 7) is 4.37. The summed E-state index contributed by atoms with van der Waals surface area (Å²) >= 11 is 6.11. The lowest BCUT2D eigenvalue weighted by Gasteiger charge is -2.15. The van der Waals surface area contributed by atoms with E-state index in [1.165, 1.54) is 0 Å². The number of ether oxygens (including phenoxy) is 3. The molecule has 5 heteroatoms. The van der Waals surface area contributed by atoms with Gasteiger partial charge < -0.3 is 19.5 Å². The molecule has 116 valence electrons. The van der Waals surface area contributed by atoms with Crippen LogP contribution >= 0.6 is 11.6 Å². The van der Waals surface area contributed by atoms with E-state index in [9.17, 15) is 0 Å². The van der Waals surface area contributed by atoms with Gasteiger partial charge in [-0.05, 0) is 13.0 Å². The minimum absolute atomic E-state index is 0.518. The standard InChI is InChI=1S/C16H22ClNO3/c1-4-5-6-8-21-16-13(12-18-7-9-19-2)10-14(17)11-15(16)20-3/h10-11,18H,6-9,12H2,1-3H3. The molecule has 21 heavy (non-hydrogen) atoms. The lowest BCUT2D eigenvalue weighted by atomic mass is 10.1. The summed E-state index contributed by atoms with van der Waals surface area (Å²) in [5.74, 6) is 7.17. The zero-order valence-corrected chi connectivity index (χ0v) is 13.5. The largest absolute Gasteiger partial charge is 0.493 e. The van der Waals surface area contributed by atoms with Crippen LogP contribution in [0.3, 0.4) is 0 Å². The molecular weight excluding hydrogens is 290 g/mol. The van der Waals surface area contributed by atoms with Crippen LogP contribution in [0.25, 0.3) is 0 Å². The predicted octanol–water partition coefficient (Wildman–Crippen LogP) is 2.88. The first-order valence-electron chi connectivity index (χ1n) is 6.81. The Morgan fingerprint density at radius 3 is 2.71 bits per heavy atom. The van der Waals surface area contributed by atoms with Crippen molar-refractivity contribution in [2.45, 2.75) is 19.9 Å². The quantitative estimate of drug-likeness (QED) is 0.562. The molecule has 0 heterocycles. The molecular formula is C16H22ClNO3. The fraction of sp³-hybridized carbons (Fsp3) is 0.500. The monoisotopic (exact) mass is 311 g/mol. The van der Waals surface area contributed by atoms with Crippen molar-refractivity contribution in [2.75, 3.05) is 34.0 Å². The molecule has 0 saturated heterocycles. The summed E-state index contributed by atoms with van der Waals surface area (Å²) in [6.07, 6.45) is 0.679. The van der Waals surface area contributed by atoms with Crippen molar-refractivity contribution in [2.24, 2.45) is 0 Å². The number of rotatable bonds is 9. The molecule has 0 aliphatic rings. The van der Waals surface area contributed by atoms with Crippen molar-refractivity contribution in [1.29, 1.82) is 0 Å².